The molecule has 0 aromatic carbocycles. The summed E-state index contributed by atoms with van der Waals surface area (Å²) in [6, 6.07) is 3.70. The summed E-state index contributed by atoms with van der Waals surface area (Å²) >= 11 is 8.69. The molecule has 0 unspecified atom stereocenters. The van der Waals surface area contributed by atoms with Gasteiger partial charge < -0.3 is 0 Å². The minimum Gasteiger partial charge on any atom is -0.244 e. The lowest BCUT2D eigenvalue weighted by atomic mass is 10.5. The van der Waals surface area contributed by atoms with Crippen LogP contribution in [0.2, 0.25) is 5.15 Å². The molecular weight excluding hydrogens is 238 g/mol. The Bertz CT molecular complexity index is 444. The predicted octanol–water partition coefficient (Wildman–Crippen LogP) is 3.05. The molecule has 0 atom stereocenters. The number of hydrogen-bond acceptors (Lipinski definition) is 5. The Hall–Kier alpha value is -0.650. The number of rotatable bonds is 2. The first-order valence-corrected chi connectivity index (χ1v) is 5.80. The van der Waals surface area contributed by atoms with E-state index in [1.54, 1.807) is 18.0 Å². The van der Waals surface area contributed by atoms with Crippen LogP contribution in [-0.4, -0.2) is 14.3 Å². The Morgan fingerprint density at radius 2 is 2.36 bits per heavy atom. The van der Waals surface area contributed by atoms with Crippen molar-refractivity contribution in [1.82, 2.24) is 14.3 Å². The molecule has 2 aromatic rings. The average molecular weight is 244 g/mol. The van der Waals surface area contributed by atoms with Gasteiger partial charge in [0.25, 0.3) is 0 Å². The van der Waals surface area contributed by atoms with Gasteiger partial charge in [-0.1, -0.05) is 23.4 Å². The largest absolute Gasteiger partial charge is 0.244 e. The summed E-state index contributed by atoms with van der Waals surface area (Å²) < 4.78 is 5.02. The fourth-order valence-corrected chi connectivity index (χ4v) is 2.76. The van der Waals surface area contributed by atoms with Crippen molar-refractivity contribution in [3.63, 3.8) is 0 Å². The van der Waals surface area contributed by atoms with Crippen molar-refractivity contribution in [2.75, 3.05) is 0 Å². The number of hydrogen-bond donors (Lipinski definition) is 0. The molecule has 0 bridgehead atoms. The zero-order valence-corrected chi connectivity index (χ0v) is 9.66. The van der Waals surface area contributed by atoms with E-state index in [4.69, 9.17) is 11.6 Å². The number of pyridine rings is 1. The van der Waals surface area contributed by atoms with Crippen LogP contribution < -0.4 is 0 Å². The van der Waals surface area contributed by atoms with E-state index >= 15 is 0 Å². The highest BCUT2D eigenvalue weighted by Crippen LogP contribution is 2.29. The van der Waals surface area contributed by atoms with Crippen molar-refractivity contribution in [3.8, 4) is 0 Å². The Balaban J connectivity index is 2.18. The molecule has 0 aliphatic heterocycles. The molecule has 0 saturated heterocycles. The van der Waals surface area contributed by atoms with Crippen LogP contribution in [0.25, 0.3) is 0 Å². The third-order valence-electron chi connectivity index (χ3n) is 1.41. The minimum atomic E-state index is 0.497. The summed E-state index contributed by atoms with van der Waals surface area (Å²) in [5, 5.41) is 0.497. The molecular formula is C8H6ClN3S2. The van der Waals surface area contributed by atoms with E-state index in [9.17, 15) is 0 Å². The van der Waals surface area contributed by atoms with Gasteiger partial charge in [-0.3, -0.25) is 0 Å². The fraction of sp³-hybridized carbons (Fsp3) is 0.125. The summed E-state index contributed by atoms with van der Waals surface area (Å²) in [6.45, 7) is 1.88. The van der Waals surface area contributed by atoms with Crippen molar-refractivity contribution >= 4 is 34.9 Å². The van der Waals surface area contributed by atoms with E-state index in [2.05, 4.69) is 14.3 Å². The smallest absolute Gasteiger partial charge is 0.174 e. The Morgan fingerprint density at radius 3 is 3.00 bits per heavy atom. The van der Waals surface area contributed by atoms with E-state index in [0.29, 0.717) is 5.15 Å². The lowest BCUT2D eigenvalue weighted by Gasteiger charge is -1.95. The van der Waals surface area contributed by atoms with Crippen molar-refractivity contribution in [1.29, 1.82) is 0 Å². The lowest BCUT2D eigenvalue weighted by molar-refractivity contribution is 1.10. The fourth-order valence-electron chi connectivity index (χ4n) is 0.868. The molecule has 2 aromatic heterocycles. The molecule has 0 fully saturated rings. The Kier molecular flexibility index (Phi) is 3.00. The maximum atomic E-state index is 5.76. The van der Waals surface area contributed by atoms with Crippen LogP contribution in [-0.2, 0) is 0 Å². The number of aromatic nitrogens is 3. The molecule has 0 spiro atoms. The molecule has 0 N–H and O–H groups in total. The summed E-state index contributed by atoms with van der Waals surface area (Å²) in [5.41, 5.74) is 0. The van der Waals surface area contributed by atoms with Gasteiger partial charge >= 0.3 is 0 Å². The number of halogens is 1. The third kappa shape index (κ3) is 2.43. The van der Waals surface area contributed by atoms with Crippen LogP contribution in [0.5, 0.6) is 0 Å². The van der Waals surface area contributed by atoms with E-state index in [1.807, 2.05) is 19.1 Å². The molecule has 72 valence electrons. The zero-order chi connectivity index (χ0) is 9.97. The molecule has 0 saturated carbocycles. The van der Waals surface area contributed by atoms with Crippen LogP contribution in [0.3, 0.4) is 0 Å². The van der Waals surface area contributed by atoms with Gasteiger partial charge in [-0.25, -0.2) is 9.97 Å². The minimum absolute atomic E-state index is 0.497. The van der Waals surface area contributed by atoms with Crippen LogP contribution in [0.4, 0.5) is 0 Å². The first-order chi connectivity index (χ1) is 6.74. The van der Waals surface area contributed by atoms with Crippen LogP contribution in [0, 0.1) is 6.92 Å². The Labute approximate surface area is 94.7 Å². The molecule has 0 aliphatic rings. The summed E-state index contributed by atoms with van der Waals surface area (Å²) in [6.07, 6.45) is 1.68. The Morgan fingerprint density at radius 1 is 1.50 bits per heavy atom. The van der Waals surface area contributed by atoms with E-state index in [0.717, 1.165) is 15.1 Å². The van der Waals surface area contributed by atoms with Gasteiger partial charge in [0.2, 0.25) is 0 Å². The monoisotopic (exact) mass is 243 g/mol. The van der Waals surface area contributed by atoms with Crippen molar-refractivity contribution in [2.45, 2.75) is 16.2 Å². The molecule has 3 nitrogen and oxygen atoms in total. The number of aryl methyl sites for hydroxylation is 1. The van der Waals surface area contributed by atoms with Gasteiger partial charge in [0.05, 0.1) is 0 Å². The van der Waals surface area contributed by atoms with E-state index < -0.39 is 0 Å². The molecule has 0 radical (unpaired) electrons. The van der Waals surface area contributed by atoms with Crippen LogP contribution in [0.1, 0.15) is 5.82 Å². The maximum absolute atomic E-state index is 5.76. The highest BCUT2D eigenvalue weighted by Gasteiger charge is 2.03. The SMILES string of the molecule is Cc1nsc(Sc2ccnc(Cl)c2)n1. The van der Waals surface area contributed by atoms with Gasteiger partial charge in [0.15, 0.2) is 4.34 Å². The van der Waals surface area contributed by atoms with Gasteiger partial charge in [-0.05, 0) is 30.6 Å². The van der Waals surface area contributed by atoms with Crippen molar-refractivity contribution in [2.24, 2.45) is 0 Å². The highest BCUT2D eigenvalue weighted by molar-refractivity contribution is 8.01. The zero-order valence-electron chi connectivity index (χ0n) is 7.27. The molecule has 2 rings (SSSR count). The van der Waals surface area contributed by atoms with Gasteiger partial charge in [0, 0.05) is 11.1 Å². The maximum Gasteiger partial charge on any atom is 0.174 e. The highest BCUT2D eigenvalue weighted by atomic mass is 35.5. The van der Waals surface area contributed by atoms with Crippen LogP contribution in [0.15, 0.2) is 27.6 Å². The number of nitrogens with zero attached hydrogens (tertiary/aromatic N) is 3. The van der Waals surface area contributed by atoms with Gasteiger partial charge in [-0.15, -0.1) is 0 Å². The first-order valence-electron chi connectivity index (χ1n) is 3.84. The first kappa shape index (κ1) is 9.89. The summed E-state index contributed by atoms with van der Waals surface area (Å²) in [7, 11) is 0. The molecule has 0 amide bonds. The van der Waals surface area contributed by atoms with E-state index in [-0.39, 0.29) is 0 Å². The molecule has 14 heavy (non-hydrogen) atoms. The topological polar surface area (TPSA) is 38.7 Å². The van der Waals surface area contributed by atoms with Gasteiger partial charge in [-0.2, -0.15) is 4.37 Å². The quantitative estimate of drug-likeness (QED) is 0.760. The molecule has 2 heterocycles. The van der Waals surface area contributed by atoms with Crippen LogP contribution >= 0.6 is 34.9 Å². The van der Waals surface area contributed by atoms with E-state index in [1.165, 1.54) is 11.5 Å². The third-order valence-corrected chi connectivity index (χ3v) is 3.45. The molecule has 0 aliphatic carbocycles. The summed E-state index contributed by atoms with van der Waals surface area (Å²) in [4.78, 5) is 9.18. The standard InChI is InChI=1S/C8H6ClN3S2/c1-5-11-8(14-12-5)13-6-2-3-10-7(9)4-6/h2-4H,1H3. The second-order valence-electron chi connectivity index (χ2n) is 2.52. The van der Waals surface area contributed by atoms with Crippen molar-refractivity contribution in [3.05, 3.63) is 29.3 Å². The second kappa shape index (κ2) is 4.25. The lowest BCUT2D eigenvalue weighted by Crippen LogP contribution is -1.76. The average Bonchev–Trinajstić information content (AvgIpc) is 2.51. The van der Waals surface area contributed by atoms with Gasteiger partial charge in [0.1, 0.15) is 11.0 Å². The summed E-state index contributed by atoms with van der Waals surface area (Å²) in [5.74, 6) is 0.803. The molecule has 6 heteroatoms. The normalized spacial score (nSPS) is 10.4. The van der Waals surface area contributed by atoms with Crippen molar-refractivity contribution < 1.29 is 0 Å². The predicted molar refractivity (Wildman–Crippen MR) is 58.0 cm³/mol. The second-order valence-corrected chi connectivity index (χ2v) is 4.98.